The number of benzene rings is 1. The molecule has 0 aliphatic carbocycles. The Bertz CT molecular complexity index is 952. The van der Waals surface area contributed by atoms with Gasteiger partial charge in [-0.1, -0.05) is 0 Å². The molecule has 0 fully saturated rings. The van der Waals surface area contributed by atoms with E-state index in [-0.39, 0.29) is 17.6 Å². The van der Waals surface area contributed by atoms with Crippen molar-refractivity contribution in [1.82, 2.24) is 9.55 Å². The lowest BCUT2D eigenvalue weighted by Gasteiger charge is -2.13. The number of carbonyl (C=O) groups is 1. The molecular formula is C18H15IN2O3. The molecule has 0 amide bonds. The Hall–Kier alpha value is -2.22. The molecule has 24 heavy (non-hydrogen) atoms. The molecule has 1 aromatic carbocycles. The molecule has 0 saturated heterocycles. The number of ether oxygens (including phenoxy) is 1. The van der Waals surface area contributed by atoms with Gasteiger partial charge in [-0.05, 0) is 65.4 Å². The third kappa shape index (κ3) is 3.33. The van der Waals surface area contributed by atoms with Crippen molar-refractivity contribution in [3.63, 3.8) is 0 Å². The largest absolute Gasteiger partial charge is 0.462 e. The summed E-state index contributed by atoms with van der Waals surface area (Å²) in [5.41, 5.74) is 1.57. The average molecular weight is 434 g/mol. The van der Waals surface area contributed by atoms with Crippen LogP contribution in [0.3, 0.4) is 0 Å². The van der Waals surface area contributed by atoms with Gasteiger partial charge in [-0.2, -0.15) is 0 Å². The molecule has 0 saturated carbocycles. The van der Waals surface area contributed by atoms with E-state index in [9.17, 15) is 9.59 Å². The summed E-state index contributed by atoms with van der Waals surface area (Å²) < 4.78 is 7.86. The number of hydrogen-bond donors (Lipinski definition) is 0. The van der Waals surface area contributed by atoms with E-state index in [4.69, 9.17) is 4.74 Å². The number of rotatable bonds is 4. The lowest BCUT2D eigenvalue weighted by molar-refractivity contribution is 0.0524. The molecule has 0 bridgehead atoms. The Kier molecular flexibility index (Phi) is 4.94. The first-order valence-electron chi connectivity index (χ1n) is 7.49. The summed E-state index contributed by atoms with van der Waals surface area (Å²) in [6, 6.07) is 9.44. The Morgan fingerprint density at radius 2 is 2.00 bits per heavy atom. The normalized spacial score (nSPS) is 10.8. The van der Waals surface area contributed by atoms with E-state index in [1.807, 2.05) is 28.8 Å². The van der Waals surface area contributed by atoms with Crippen LogP contribution >= 0.6 is 22.6 Å². The highest BCUT2D eigenvalue weighted by Crippen LogP contribution is 2.17. The fraction of sp³-hybridized carbons (Fsp3) is 0.167. The van der Waals surface area contributed by atoms with Crippen LogP contribution in [0.5, 0.6) is 0 Å². The SMILES string of the molecule is CCOC(=O)c1cn(Cc2ccncc2)c2ccc(I)cc2c1=O. The topological polar surface area (TPSA) is 61.2 Å². The van der Waals surface area contributed by atoms with Crippen LogP contribution in [0, 0.1) is 3.57 Å². The van der Waals surface area contributed by atoms with Crippen molar-refractivity contribution in [2.45, 2.75) is 13.5 Å². The van der Waals surface area contributed by atoms with Crippen molar-refractivity contribution in [3.8, 4) is 0 Å². The van der Waals surface area contributed by atoms with Crippen molar-refractivity contribution >= 4 is 39.5 Å². The lowest BCUT2D eigenvalue weighted by Crippen LogP contribution is -2.21. The summed E-state index contributed by atoms with van der Waals surface area (Å²) in [6.07, 6.45) is 5.01. The number of carbonyl (C=O) groups excluding carboxylic acids is 1. The Morgan fingerprint density at radius 1 is 1.25 bits per heavy atom. The number of nitrogens with zero attached hydrogens (tertiary/aromatic N) is 2. The fourth-order valence-corrected chi connectivity index (χ4v) is 3.03. The minimum Gasteiger partial charge on any atom is -0.462 e. The highest BCUT2D eigenvalue weighted by atomic mass is 127. The molecule has 2 heterocycles. The van der Waals surface area contributed by atoms with Gasteiger partial charge < -0.3 is 9.30 Å². The van der Waals surface area contributed by atoms with Gasteiger partial charge in [0.25, 0.3) is 0 Å². The summed E-state index contributed by atoms with van der Waals surface area (Å²) in [5.74, 6) is -0.591. The summed E-state index contributed by atoms with van der Waals surface area (Å²) in [7, 11) is 0. The van der Waals surface area contributed by atoms with Crippen LogP contribution in [0.25, 0.3) is 10.9 Å². The van der Waals surface area contributed by atoms with Crippen LogP contribution < -0.4 is 5.43 Å². The predicted molar refractivity (Wildman–Crippen MR) is 100 cm³/mol. The molecule has 0 aliphatic heterocycles. The molecule has 0 aliphatic rings. The lowest BCUT2D eigenvalue weighted by atomic mass is 10.1. The molecule has 0 spiro atoms. The molecule has 3 aromatic rings. The average Bonchev–Trinajstić information content (AvgIpc) is 2.58. The molecule has 0 N–H and O–H groups in total. The van der Waals surface area contributed by atoms with E-state index in [1.54, 1.807) is 31.6 Å². The highest BCUT2D eigenvalue weighted by Gasteiger charge is 2.16. The number of pyridine rings is 2. The van der Waals surface area contributed by atoms with Gasteiger partial charge in [0.2, 0.25) is 5.43 Å². The Morgan fingerprint density at radius 3 is 2.71 bits per heavy atom. The number of fused-ring (bicyclic) bond motifs is 1. The third-order valence-electron chi connectivity index (χ3n) is 3.64. The zero-order valence-electron chi connectivity index (χ0n) is 13.0. The van der Waals surface area contributed by atoms with E-state index < -0.39 is 5.97 Å². The van der Waals surface area contributed by atoms with E-state index >= 15 is 0 Å². The summed E-state index contributed by atoms with van der Waals surface area (Å²) in [5, 5.41) is 0.515. The van der Waals surface area contributed by atoms with Crippen molar-refractivity contribution in [1.29, 1.82) is 0 Å². The van der Waals surface area contributed by atoms with Crippen molar-refractivity contribution in [3.05, 3.63) is 73.8 Å². The van der Waals surface area contributed by atoms with Crippen LogP contribution in [0.4, 0.5) is 0 Å². The second-order valence-corrected chi connectivity index (χ2v) is 6.48. The molecule has 6 heteroatoms. The van der Waals surface area contributed by atoms with Crippen LogP contribution in [0.15, 0.2) is 53.7 Å². The van der Waals surface area contributed by atoms with E-state index in [1.165, 1.54) is 0 Å². The second-order valence-electron chi connectivity index (χ2n) is 5.24. The third-order valence-corrected chi connectivity index (χ3v) is 4.31. The quantitative estimate of drug-likeness (QED) is 0.468. The predicted octanol–water partition coefficient (Wildman–Crippen LogP) is 3.23. The van der Waals surface area contributed by atoms with Gasteiger partial charge in [-0.25, -0.2) is 4.79 Å². The summed E-state index contributed by atoms with van der Waals surface area (Å²) >= 11 is 2.15. The van der Waals surface area contributed by atoms with Gasteiger partial charge in [0.05, 0.1) is 12.1 Å². The number of hydrogen-bond acceptors (Lipinski definition) is 4. The molecular weight excluding hydrogens is 419 g/mol. The first-order valence-corrected chi connectivity index (χ1v) is 8.56. The molecule has 5 nitrogen and oxygen atoms in total. The van der Waals surface area contributed by atoms with E-state index in [2.05, 4.69) is 27.6 Å². The maximum absolute atomic E-state index is 12.7. The van der Waals surface area contributed by atoms with E-state index in [0.717, 1.165) is 14.7 Å². The monoisotopic (exact) mass is 434 g/mol. The summed E-state index contributed by atoms with van der Waals surface area (Å²) in [4.78, 5) is 28.8. The van der Waals surface area contributed by atoms with Gasteiger partial charge in [0.15, 0.2) is 0 Å². The Labute approximate surface area is 152 Å². The van der Waals surface area contributed by atoms with Crippen molar-refractivity contribution in [2.24, 2.45) is 0 Å². The molecule has 3 rings (SSSR count). The van der Waals surface area contributed by atoms with Gasteiger partial charge in [-0.15, -0.1) is 0 Å². The zero-order chi connectivity index (χ0) is 17.1. The van der Waals surface area contributed by atoms with Crippen molar-refractivity contribution in [2.75, 3.05) is 6.61 Å². The minimum absolute atomic E-state index is 0.0559. The standard InChI is InChI=1S/C18H15IN2O3/c1-2-24-18(23)15-11-21(10-12-5-7-20-8-6-12)16-4-3-13(19)9-14(16)17(15)22/h3-9,11H,2,10H2,1H3. The summed E-state index contributed by atoms with van der Waals surface area (Å²) in [6.45, 7) is 2.48. The number of esters is 1. The van der Waals surface area contributed by atoms with Gasteiger partial charge in [0.1, 0.15) is 5.56 Å². The van der Waals surface area contributed by atoms with Gasteiger partial charge in [-0.3, -0.25) is 9.78 Å². The maximum atomic E-state index is 12.7. The van der Waals surface area contributed by atoms with Crippen LogP contribution in [0.1, 0.15) is 22.8 Å². The van der Waals surface area contributed by atoms with Crippen molar-refractivity contribution < 1.29 is 9.53 Å². The zero-order valence-corrected chi connectivity index (χ0v) is 15.2. The first-order chi connectivity index (χ1) is 11.6. The number of halogens is 1. The molecule has 0 radical (unpaired) electrons. The first kappa shape index (κ1) is 16.6. The van der Waals surface area contributed by atoms with Crippen LogP contribution in [-0.2, 0) is 11.3 Å². The molecule has 0 atom stereocenters. The van der Waals surface area contributed by atoms with Crippen LogP contribution in [0.2, 0.25) is 0 Å². The minimum atomic E-state index is -0.591. The molecule has 0 unspecified atom stereocenters. The second kappa shape index (κ2) is 7.12. The highest BCUT2D eigenvalue weighted by molar-refractivity contribution is 14.1. The smallest absolute Gasteiger partial charge is 0.343 e. The van der Waals surface area contributed by atoms with E-state index in [0.29, 0.717) is 11.9 Å². The fourth-order valence-electron chi connectivity index (χ4n) is 2.54. The molecule has 2 aromatic heterocycles. The maximum Gasteiger partial charge on any atom is 0.343 e. The van der Waals surface area contributed by atoms with Crippen LogP contribution in [-0.4, -0.2) is 22.1 Å². The number of aromatic nitrogens is 2. The van der Waals surface area contributed by atoms with Gasteiger partial charge in [0, 0.05) is 34.1 Å². The Balaban J connectivity index is 2.21. The van der Waals surface area contributed by atoms with Gasteiger partial charge >= 0.3 is 5.97 Å². The molecule has 122 valence electrons.